The Labute approximate surface area is 114 Å². The Morgan fingerprint density at radius 3 is 2.63 bits per heavy atom. The molecule has 0 amide bonds. The van der Waals surface area contributed by atoms with Crippen LogP contribution in [0.1, 0.15) is 24.9 Å². The second kappa shape index (κ2) is 8.17. The summed E-state index contributed by atoms with van der Waals surface area (Å²) in [6.07, 6.45) is 6.15. The molecule has 1 unspecified atom stereocenters. The molecule has 0 saturated carbocycles. The Hall–Kier alpha value is -1.99. The van der Waals surface area contributed by atoms with Crippen molar-refractivity contribution in [3.8, 4) is 18.1 Å². The second-order valence-corrected chi connectivity index (χ2v) is 3.96. The number of esters is 1. The lowest BCUT2D eigenvalue weighted by Gasteiger charge is -2.15. The lowest BCUT2D eigenvalue weighted by Crippen LogP contribution is -2.29. The summed E-state index contributed by atoms with van der Waals surface area (Å²) in [5.41, 5.74) is 0.797. The van der Waals surface area contributed by atoms with Crippen molar-refractivity contribution in [3.63, 3.8) is 0 Å². The highest BCUT2D eigenvalue weighted by molar-refractivity contribution is 5.77. The second-order valence-electron chi connectivity index (χ2n) is 3.96. The lowest BCUT2D eigenvalue weighted by molar-refractivity contribution is -0.143. The molecule has 1 aromatic rings. The maximum absolute atomic E-state index is 11.7. The topological polar surface area (TPSA) is 47.6 Å². The van der Waals surface area contributed by atoms with Gasteiger partial charge in [-0.3, -0.25) is 5.32 Å². The van der Waals surface area contributed by atoms with E-state index in [2.05, 4.69) is 11.2 Å². The molecule has 1 atom stereocenters. The molecule has 1 aromatic carbocycles. The minimum atomic E-state index is -0.554. The normalized spacial score (nSPS) is 11.4. The monoisotopic (exact) mass is 261 g/mol. The number of hydrogen-bond donors (Lipinski definition) is 1. The third-order valence-electron chi connectivity index (χ3n) is 2.53. The summed E-state index contributed by atoms with van der Waals surface area (Å²) < 4.78 is 10.2. The van der Waals surface area contributed by atoms with E-state index in [4.69, 9.17) is 15.9 Å². The molecule has 0 aliphatic rings. The number of terminal acetylenes is 1. The van der Waals surface area contributed by atoms with Crippen molar-refractivity contribution in [2.75, 3.05) is 20.3 Å². The third kappa shape index (κ3) is 4.65. The first-order valence-electron chi connectivity index (χ1n) is 6.20. The molecular weight excluding hydrogens is 242 g/mol. The van der Waals surface area contributed by atoms with Gasteiger partial charge in [0, 0.05) is 0 Å². The van der Waals surface area contributed by atoms with Crippen molar-refractivity contribution < 1.29 is 14.3 Å². The van der Waals surface area contributed by atoms with Crippen molar-refractivity contribution in [1.29, 1.82) is 0 Å². The van der Waals surface area contributed by atoms with Gasteiger partial charge < -0.3 is 9.47 Å². The van der Waals surface area contributed by atoms with Gasteiger partial charge in [-0.15, -0.1) is 6.42 Å². The van der Waals surface area contributed by atoms with Gasteiger partial charge in [0.25, 0.3) is 0 Å². The fourth-order valence-electron chi connectivity index (χ4n) is 1.59. The Morgan fingerprint density at radius 2 is 2.11 bits per heavy atom. The van der Waals surface area contributed by atoms with Gasteiger partial charge in [0.15, 0.2) is 0 Å². The van der Waals surface area contributed by atoms with Crippen LogP contribution in [-0.2, 0) is 9.53 Å². The van der Waals surface area contributed by atoms with E-state index in [1.807, 2.05) is 31.2 Å². The smallest absolute Gasteiger partial charge is 0.327 e. The van der Waals surface area contributed by atoms with Crippen LogP contribution in [0, 0.1) is 12.3 Å². The van der Waals surface area contributed by atoms with Crippen LogP contribution in [0.2, 0.25) is 0 Å². The van der Waals surface area contributed by atoms with Crippen LogP contribution in [-0.4, -0.2) is 26.2 Å². The summed E-state index contributed by atoms with van der Waals surface area (Å²) >= 11 is 0. The molecule has 0 aromatic heterocycles. The molecule has 0 aliphatic carbocycles. The zero-order valence-corrected chi connectivity index (χ0v) is 11.3. The van der Waals surface area contributed by atoms with Gasteiger partial charge in [-0.05, 0) is 24.1 Å². The van der Waals surface area contributed by atoms with E-state index in [-0.39, 0.29) is 5.97 Å². The zero-order valence-electron chi connectivity index (χ0n) is 11.3. The predicted octanol–water partition coefficient (Wildman–Crippen LogP) is 1.91. The largest absolute Gasteiger partial charge is 0.494 e. The number of benzene rings is 1. The molecule has 4 heteroatoms. The van der Waals surface area contributed by atoms with Crippen LogP contribution >= 0.6 is 0 Å². The van der Waals surface area contributed by atoms with E-state index in [0.717, 1.165) is 17.7 Å². The first kappa shape index (κ1) is 15.1. The van der Waals surface area contributed by atoms with E-state index in [1.54, 1.807) is 0 Å². The summed E-state index contributed by atoms with van der Waals surface area (Å²) in [4.78, 5) is 11.7. The first-order valence-corrected chi connectivity index (χ1v) is 6.20. The summed E-state index contributed by atoms with van der Waals surface area (Å²) in [7, 11) is 1.35. The molecule has 0 bridgehead atoms. The average molecular weight is 261 g/mol. The van der Waals surface area contributed by atoms with Crippen molar-refractivity contribution in [2.24, 2.45) is 0 Å². The fraction of sp³-hybridized carbons (Fsp3) is 0.400. The van der Waals surface area contributed by atoms with Crippen molar-refractivity contribution in [1.82, 2.24) is 5.32 Å². The number of carbonyl (C=O) groups is 1. The summed E-state index contributed by atoms with van der Waals surface area (Å²) in [5, 5.41) is 2.95. The van der Waals surface area contributed by atoms with Crippen LogP contribution < -0.4 is 10.1 Å². The quantitative estimate of drug-likeness (QED) is 0.601. The number of ether oxygens (including phenoxy) is 2. The Balaban J connectivity index is 2.78. The van der Waals surface area contributed by atoms with Gasteiger partial charge in [0.05, 0.1) is 20.3 Å². The van der Waals surface area contributed by atoms with E-state index in [1.165, 1.54) is 7.11 Å². The highest BCUT2D eigenvalue weighted by Crippen LogP contribution is 2.19. The standard InChI is InChI=1S/C15H19NO3/c1-4-10-16-14(15(17)18-3)12-6-8-13(9-7-12)19-11-5-2/h1,6-9,14,16H,5,10-11H2,2-3H3. The molecule has 0 spiro atoms. The maximum atomic E-state index is 11.7. The van der Waals surface area contributed by atoms with Gasteiger partial charge in [-0.25, -0.2) is 4.79 Å². The number of carbonyl (C=O) groups excluding carboxylic acids is 1. The van der Waals surface area contributed by atoms with E-state index in [0.29, 0.717) is 13.2 Å². The molecule has 0 aliphatic heterocycles. The number of rotatable bonds is 7. The Kier molecular flexibility index (Phi) is 6.48. The predicted molar refractivity (Wildman–Crippen MR) is 73.8 cm³/mol. The van der Waals surface area contributed by atoms with E-state index < -0.39 is 6.04 Å². The van der Waals surface area contributed by atoms with Crippen LogP contribution in [0.3, 0.4) is 0 Å². The van der Waals surface area contributed by atoms with Gasteiger partial charge in [-0.1, -0.05) is 25.0 Å². The van der Waals surface area contributed by atoms with Gasteiger partial charge in [-0.2, -0.15) is 0 Å². The molecule has 0 radical (unpaired) electrons. The van der Waals surface area contributed by atoms with Crippen LogP contribution in [0.25, 0.3) is 0 Å². The fourth-order valence-corrected chi connectivity index (χ4v) is 1.59. The molecule has 1 rings (SSSR count). The van der Waals surface area contributed by atoms with Crippen molar-refractivity contribution in [2.45, 2.75) is 19.4 Å². The Bertz CT molecular complexity index is 434. The molecule has 0 heterocycles. The Morgan fingerprint density at radius 1 is 1.42 bits per heavy atom. The number of hydrogen-bond acceptors (Lipinski definition) is 4. The molecule has 19 heavy (non-hydrogen) atoms. The summed E-state index contributed by atoms with van der Waals surface area (Å²) in [6.45, 7) is 3.02. The number of methoxy groups -OCH3 is 1. The average Bonchev–Trinajstić information content (AvgIpc) is 2.46. The van der Waals surface area contributed by atoms with Crippen LogP contribution in [0.4, 0.5) is 0 Å². The molecule has 0 fully saturated rings. The van der Waals surface area contributed by atoms with Gasteiger partial charge >= 0.3 is 5.97 Å². The first-order chi connectivity index (χ1) is 9.22. The minimum absolute atomic E-state index is 0.299. The SMILES string of the molecule is C#CCNC(C(=O)OC)c1ccc(OCCC)cc1. The molecular formula is C15H19NO3. The molecule has 4 nitrogen and oxygen atoms in total. The van der Waals surface area contributed by atoms with E-state index >= 15 is 0 Å². The molecule has 1 N–H and O–H groups in total. The summed E-state index contributed by atoms with van der Waals surface area (Å²) in [5.74, 6) is 2.86. The van der Waals surface area contributed by atoms with Crippen molar-refractivity contribution in [3.05, 3.63) is 29.8 Å². The van der Waals surface area contributed by atoms with Gasteiger partial charge in [0.2, 0.25) is 0 Å². The van der Waals surface area contributed by atoms with Crippen LogP contribution in [0.5, 0.6) is 5.75 Å². The highest BCUT2D eigenvalue weighted by atomic mass is 16.5. The van der Waals surface area contributed by atoms with Gasteiger partial charge in [0.1, 0.15) is 11.8 Å². The van der Waals surface area contributed by atoms with Crippen molar-refractivity contribution >= 4 is 5.97 Å². The maximum Gasteiger partial charge on any atom is 0.327 e. The minimum Gasteiger partial charge on any atom is -0.494 e. The lowest BCUT2D eigenvalue weighted by atomic mass is 10.1. The summed E-state index contributed by atoms with van der Waals surface area (Å²) in [6, 6.07) is 6.77. The molecule has 102 valence electrons. The highest BCUT2D eigenvalue weighted by Gasteiger charge is 2.20. The zero-order chi connectivity index (χ0) is 14.1. The number of nitrogens with one attached hydrogen (secondary N) is 1. The van der Waals surface area contributed by atoms with E-state index in [9.17, 15) is 4.79 Å². The van der Waals surface area contributed by atoms with Crippen LogP contribution in [0.15, 0.2) is 24.3 Å². The third-order valence-corrected chi connectivity index (χ3v) is 2.53. The molecule has 0 saturated heterocycles.